The van der Waals surface area contributed by atoms with Gasteiger partial charge in [0.15, 0.2) is 16.4 Å². The molecule has 0 aliphatic carbocycles. The molecule has 0 bridgehead atoms. The number of benzene rings is 1. The Balaban J connectivity index is 1.42. The van der Waals surface area contributed by atoms with Gasteiger partial charge in [0, 0.05) is 23.7 Å². The van der Waals surface area contributed by atoms with E-state index in [2.05, 4.69) is 5.32 Å². The third-order valence-electron chi connectivity index (χ3n) is 5.50. The maximum absolute atomic E-state index is 12.5. The van der Waals surface area contributed by atoms with Crippen molar-refractivity contribution in [1.29, 1.82) is 0 Å². The van der Waals surface area contributed by atoms with Crippen LogP contribution in [-0.4, -0.2) is 67.8 Å². The van der Waals surface area contributed by atoms with Gasteiger partial charge in [-0.1, -0.05) is 11.6 Å². The van der Waals surface area contributed by atoms with Gasteiger partial charge in [0.1, 0.15) is 0 Å². The fraction of sp³-hybridized carbons (Fsp3) is 0.550. The number of esters is 1. The zero-order valence-electron chi connectivity index (χ0n) is 16.7. The minimum Gasteiger partial charge on any atom is -0.455 e. The second-order valence-electron chi connectivity index (χ2n) is 8.13. The quantitative estimate of drug-likeness (QED) is 0.671. The van der Waals surface area contributed by atoms with Crippen molar-refractivity contribution in [3.8, 4) is 0 Å². The molecule has 0 saturated carbocycles. The van der Waals surface area contributed by atoms with Gasteiger partial charge in [-0.2, -0.15) is 0 Å². The molecule has 0 radical (unpaired) electrons. The third kappa shape index (κ3) is 5.72. The van der Waals surface area contributed by atoms with E-state index < -0.39 is 33.9 Å². The van der Waals surface area contributed by atoms with Crippen LogP contribution in [-0.2, 0) is 24.2 Å². The molecular formula is C20H25ClN2O6S. The van der Waals surface area contributed by atoms with Crippen molar-refractivity contribution < 1.29 is 27.5 Å². The van der Waals surface area contributed by atoms with E-state index >= 15 is 0 Å². The molecule has 2 aliphatic rings. The number of sulfone groups is 1. The van der Waals surface area contributed by atoms with E-state index in [1.165, 1.54) is 0 Å². The fourth-order valence-electron chi connectivity index (χ4n) is 3.83. The van der Waals surface area contributed by atoms with Crippen molar-refractivity contribution >= 4 is 39.2 Å². The molecule has 0 aromatic heterocycles. The molecule has 2 aliphatic heterocycles. The summed E-state index contributed by atoms with van der Waals surface area (Å²) >= 11 is 5.84. The molecule has 1 atom stereocenters. The largest absolute Gasteiger partial charge is 0.455 e. The Kier molecular flexibility index (Phi) is 6.71. The predicted molar refractivity (Wildman–Crippen MR) is 111 cm³/mol. The standard InChI is InChI=1S/C20H25ClN2O6S/c1-20(8-11-30(27,28)13-20)22-17(24)12-29-19(26)15-6-9-23(10-7-15)18(25)14-2-4-16(21)5-3-14/h2-5,15H,6-13H2,1H3,(H,22,24)/t20-/m1/s1. The van der Waals surface area contributed by atoms with Crippen molar-refractivity contribution in [3.63, 3.8) is 0 Å². The molecule has 2 amide bonds. The van der Waals surface area contributed by atoms with Gasteiger partial charge in [0.2, 0.25) is 0 Å². The lowest BCUT2D eigenvalue weighted by atomic mass is 9.96. The Morgan fingerprint density at radius 1 is 1.20 bits per heavy atom. The number of rotatable bonds is 5. The van der Waals surface area contributed by atoms with Crippen LogP contribution in [0.4, 0.5) is 0 Å². The van der Waals surface area contributed by atoms with Gasteiger partial charge in [-0.3, -0.25) is 14.4 Å². The van der Waals surface area contributed by atoms with Crippen LogP contribution in [0.2, 0.25) is 5.02 Å². The molecule has 8 nitrogen and oxygen atoms in total. The Hall–Kier alpha value is -2.13. The number of likely N-dealkylation sites (tertiary alicyclic amines) is 1. The lowest BCUT2D eigenvalue weighted by Crippen LogP contribution is -2.48. The lowest BCUT2D eigenvalue weighted by molar-refractivity contribution is -0.154. The van der Waals surface area contributed by atoms with Crippen LogP contribution in [0.5, 0.6) is 0 Å². The van der Waals surface area contributed by atoms with Crippen molar-refractivity contribution in [2.75, 3.05) is 31.2 Å². The minimum atomic E-state index is -3.14. The molecule has 0 unspecified atom stereocenters. The van der Waals surface area contributed by atoms with E-state index in [1.54, 1.807) is 36.1 Å². The smallest absolute Gasteiger partial charge is 0.309 e. The number of carbonyl (C=O) groups excluding carboxylic acids is 3. The highest BCUT2D eigenvalue weighted by Gasteiger charge is 2.39. The molecule has 1 N–H and O–H groups in total. The van der Waals surface area contributed by atoms with Crippen LogP contribution in [0, 0.1) is 5.92 Å². The first-order chi connectivity index (χ1) is 14.1. The molecule has 30 heavy (non-hydrogen) atoms. The molecule has 3 rings (SSSR count). The monoisotopic (exact) mass is 456 g/mol. The van der Waals surface area contributed by atoms with Gasteiger partial charge in [0.05, 0.1) is 23.0 Å². The molecule has 164 valence electrons. The van der Waals surface area contributed by atoms with Crippen molar-refractivity contribution in [2.45, 2.75) is 31.7 Å². The minimum absolute atomic E-state index is 0.0386. The number of hydrogen-bond acceptors (Lipinski definition) is 6. The van der Waals surface area contributed by atoms with E-state index in [-0.39, 0.29) is 23.3 Å². The molecule has 2 fully saturated rings. The number of piperidine rings is 1. The number of hydrogen-bond donors (Lipinski definition) is 1. The Morgan fingerprint density at radius 3 is 2.40 bits per heavy atom. The molecule has 2 saturated heterocycles. The van der Waals surface area contributed by atoms with Crippen molar-refractivity contribution in [1.82, 2.24) is 10.2 Å². The second kappa shape index (κ2) is 8.93. The maximum Gasteiger partial charge on any atom is 0.309 e. The first-order valence-corrected chi connectivity index (χ1v) is 12.0. The molecule has 1 aromatic carbocycles. The number of ether oxygens (including phenoxy) is 1. The van der Waals surface area contributed by atoms with Gasteiger partial charge >= 0.3 is 5.97 Å². The summed E-state index contributed by atoms with van der Waals surface area (Å²) in [6.45, 7) is 2.07. The zero-order valence-corrected chi connectivity index (χ0v) is 18.3. The van der Waals surface area contributed by atoms with E-state index in [1.807, 2.05) is 0 Å². The number of amides is 2. The van der Waals surface area contributed by atoms with Crippen LogP contribution in [0.15, 0.2) is 24.3 Å². The summed E-state index contributed by atoms with van der Waals surface area (Å²) < 4.78 is 28.3. The molecule has 1 aromatic rings. The average Bonchev–Trinajstić information content (AvgIpc) is 2.98. The van der Waals surface area contributed by atoms with Gasteiger partial charge in [-0.15, -0.1) is 0 Å². The number of nitrogens with one attached hydrogen (secondary N) is 1. The van der Waals surface area contributed by atoms with E-state index in [4.69, 9.17) is 16.3 Å². The topological polar surface area (TPSA) is 110 Å². The second-order valence-corrected chi connectivity index (χ2v) is 10.8. The van der Waals surface area contributed by atoms with E-state index in [9.17, 15) is 22.8 Å². The third-order valence-corrected chi connectivity index (χ3v) is 7.65. The number of carbonyl (C=O) groups is 3. The van der Waals surface area contributed by atoms with Crippen molar-refractivity contribution in [3.05, 3.63) is 34.9 Å². The number of halogens is 1. The summed E-state index contributed by atoms with van der Waals surface area (Å²) in [7, 11) is -3.14. The van der Waals surface area contributed by atoms with Crippen LogP contribution in [0.1, 0.15) is 36.5 Å². The Bertz CT molecular complexity index is 925. The summed E-state index contributed by atoms with van der Waals surface area (Å²) in [5, 5.41) is 3.21. The zero-order chi connectivity index (χ0) is 21.9. The summed E-state index contributed by atoms with van der Waals surface area (Å²) in [6.07, 6.45) is 1.25. The summed E-state index contributed by atoms with van der Waals surface area (Å²) in [5.74, 6) is -1.56. The highest BCUT2D eigenvalue weighted by atomic mass is 35.5. The van der Waals surface area contributed by atoms with Gasteiger partial charge in [-0.25, -0.2) is 8.42 Å². The van der Waals surface area contributed by atoms with Crippen LogP contribution >= 0.6 is 11.6 Å². The fourth-order valence-corrected chi connectivity index (χ4v) is 6.05. The Morgan fingerprint density at radius 2 is 1.83 bits per heavy atom. The van der Waals surface area contributed by atoms with Gasteiger partial charge < -0.3 is 15.0 Å². The van der Waals surface area contributed by atoms with Crippen LogP contribution < -0.4 is 5.32 Å². The molecule has 10 heteroatoms. The number of nitrogens with zero attached hydrogens (tertiary/aromatic N) is 1. The summed E-state index contributed by atoms with van der Waals surface area (Å²) in [5.41, 5.74) is -0.282. The van der Waals surface area contributed by atoms with E-state index in [0.717, 1.165) is 0 Å². The SMILES string of the molecule is C[C@@]1(NC(=O)COC(=O)C2CCN(C(=O)c3ccc(Cl)cc3)CC2)CCS(=O)(=O)C1. The normalized spacial score (nSPS) is 23.7. The van der Waals surface area contributed by atoms with Gasteiger partial charge in [0.25, 0.3) is 11.8 Å². The molecule has 2 heterocycles. The van der Waals surface area contributed by atoms with Gasteiger partial charge in [-0.05, 0) is 50.5 Å². The first-order valence-electron chi connectivity index (χ1n) is 9.80. The lowest BCUT2D eigenvalue weighted by Gasteiger charge is -2.31. The Labute approximate surface area is 180 Å². The molecule has 0 spiro atoms. The van der Waals surface area contributed by atoms with E-state index in [0.29, 0.717) is 42.9 Å². The molecular weight excluding hydrogens is 432 g/mol. The predicted octanol–water partition coefficient (Wildman–Crippen LogP) is 1.43. The highest BCUT2D eigenvalue weighted by Crippen LogP contribution is 2.23. The van der Waals surface area contributed by atoms with Crippen LogP contribution in [0.3, 0.4) is 0 Å². The summed E-state index contributed by atoms with van der Waals surface area (Å²) in [6, 6.07) is 6.65. The summed E-state index contributed by atoms with van der Waals surface area (Å²) in [4.78, 5) is 38.6. The highest BCUT2D eigenvalue weighted by molar-refractivity contribution is 7.91. The maximum atomic E-state index is 12.5. The average molecular weight is 457 g/mol. The first kappa shape index (κ1) is 22.6. The van der Waals surface area contributed by atoms with Crippen LogP contribution in [0.25, 0.3) is 0 Å². The van der Waals surface area contributed by atoms with Crippen molar-refractivity contribution in [2.24, 2.45) is 5.92 Å².